The second kappa shape index (κ2) is 6.73. The molecule has 0 unspecified atom stereocenters. The zero-order chi connectivity index (χ0) is 13.7. The monoisotopic (exact) mass is 282 g/mol. The Bertz CT molecular complexity index is 446. The molecule has 0 spiro atoms. The van der Waals surface area contributed by atoms with E-state index in [1.807, 2.05) is 0 Å². The van der Waals surface area contributed by atoms with E-state index in [1.165, 1.54) is 12.8 Å². The minimum absolute atomic E-state index is 0.221. The fourth-order valence-corrected chi connectivity index (χ4v) is 2.35. The normalized spacial score (nSPS) is 15.5. The molecule has 0 aliphatic carbocycles. The number of hydrogen-bond donors (Lipinski definition) is 2. The molecule has 2 heterocycles. The van der Waals surface area contributed by atoms with Gasteiger partial charge in [-0.3, -0.25) is 4.79 Å². The van der Waals surface area contributed by atoms with Gasteiger partial charge in [0.15, 0.2) is 0 Å². The molecule has 1 aliphatic heterocycles. The molecular formula is C13H19ClN4O. The van der Waals surface area contributed by atoms with Crippen LogP contribution >= 0.6 is 11.6 Å². The lowest BCUT2D eigenvalue weighted by Crippen LogP contribution is -2.34. The molecule has 104 valence electrons. The Morgan fingerprint density at radius 3 is 2.84 bits per heavy atom. The van der Waals surface area contributed by atoms with Crippen LogP contribution in [0.1, 0.15) is 23.3 Å². The van der Waals surface area contributed by atoms with Gasteiger partial charge in [-0.2, -0.15) is 0 Å². The van der Waals surface area contributed by atoms with Gasteiger partial charge < -0.3 is 15.5 Å². The lowest BCUT2D eigenvalue weighted by atomic mass is 10.3. The number of pyridine rings is 1. The van der Waals surface area contributed by atoms with Crippen LogP contribution in [-0.2, 0) is 0 Å². The second-order valence-corrected chi connectivity index (χ2v) is 4.99. The van der Waals surface area contributed by atoms with Gasteiger partial charge in [-0.25, -0.2) is 4.98 Å². The maximum atomic E-state index is 12.0. The van der Waals surface area contributed by atoms with Gasteiger partial charge in [0.2, 0.25) is 0 Å². The molecule has 6 heteroatoms. The third-order valence-electron chi connectivity index (χ3n) is 3.23. The molecule has 2 rings (SSSR count). The number of anilines is 1. The smallest absolute Gasteiger partial charge is 0.271 e. The van der Waals surface area contributed by atoms with E-state index in [9.17, 15) is 4.79 Å². The minimum Gasteiger partial charge on any atom is -0.373 e. The Labute approximate surface area is 118 Å². The van der Waals surface area contributed by atoms with E-state index in [1.54, 1.807) is 19.2 Å². The number of amides is 1. The first-order valence-electron chi connectivity index (χ1n) is 6.55. The zero-order valence-electron chi connectivity index (χ0n) is 11.1. The van der Waals surface area contributed by atoms with Crippen molar-refractivity contribution in [3.05, 3.63) is 22.8 Å². The molecule has 0 atom stereocenters. The van der Waals surface area contributed by atoms with Gasteiger partial charge in [0, 0.05) is 20.1 Å². The van der Waals surface area contributed by atoms with E-state index < -0.39 is 0 Å². The summed E-state index contributed by atoms with van der Waals surface area (Å²) in [6.45, 7) is 3.77. The van der Waals surface area contributed by atoms with E-state index in [2.05, 4.69) is 20.5 Å². The molecule has 0 saturated carbocycles. The molecule has 1 aliphatic rings. The molecule has 19 heavy (non-hydrogen) atoms. The number of nitrogens with zero attached hydrogens (tertiary/aromatic N) is 2. The highest BCUT2D eigenvalue weighted by Gasteiger charge is 2.14. The first kappa shape index (κ1) is 14.1. The fraction of sp³-hybridized carbons (Fsp3) is 0.538. The van der Waals surface area contributed by atoms with Crippen LogP contribution in [0, 0.1) is 0 Å². The first-order valence-corrected chi connectivity index (χ1v) is 6.93. The molecule has 1 aromatic heterocycles. The Morgan fingerprint density at radius 2 is 2.16 bits per heavy atom. The van der Waals surface area contributed by atoms with Gasteiger partial charge in [0.25, 0.3) is 5.91 Å². The average Bonchev–Trinajstić information content (AvgIpc) is 2.92. The van der Waals surface area contributed by atoms with Crippen molar-refractivity contribution in [3.63, 3.8) is 0 Å². The van der Waals surface area contributed by atoms with Crippen molar-refractivity contribution in [3.8, 4) is 0 Å². The Kier molecular flexibility index (Phi) is 4.99. The SMILES string of the molecule is CNc1ccc(Cl)c(C(=O)NCCN2CCCC2)n1. The van der Waals surface area contributed by atoms with E-state index in [0.717, 1.165) is 19.6 Å². The number of nitrogens with one attached hydrogen (secondary N) is 2. The van der Waals surface area contributed by atoms with Crippen molar-refractivity contribution < 1.29 is 4.79 Å². The van der Waals surface area contributed by atoms with E-state index in [4.69, 9.17) is 11.6 Å². The fourth-order valence-electron chi connectivity index (χ4n) is 2.16. The number of hydrogen-bond acceptors (Lipinski definition) is 4. The van der Waals surface area contributed by atoms with E-state index in [-0.39, 0.29) is 11.6 Å². The molecule has 1 aromatic rings. The zero-order valence-corrected chi connectivity index (χ0v) is 11.8. The molecule has 1 amide bonds. The number of halogens is 1. The van der Waals surface area contributed by atoms with Crippen LogP contribution in [0.15, 0.2) is 12.1 Å². The Hall–Kier alpha value is -1.33. The number of rotatable bonds is 5. The van der Waals surface area contributed by atoms with Gasteiger partial charge in [0.1, 0.15) is 11.5 Å². The van der Waals surface area contributed by atoms with Crippen molar-refractivity contribution in [2.24, 2.45) is 0 Å². The summed E-state index contributed by atoms with van der Waals surface area (Å²) in [5.41, 5.74) is 0.273. The number of likely N-dealkylation sites (tertiary alicyclic amines) is 1. The third-order valence-corrected chi connectivity index (χ3v) is 3.53. The predicted octanol–water partition coefficient (Wildman–Crippen LogP) is 1.60. The highest BCUT2D eigenvalue weighted by molar-refractivity contribution is 6.33. The molecule has 5 nitrogen and oxygen atoms in total. The average molecular weight is 283 g/mol. The van der Waals surface area contributed by atoms with Crippen LogP contribution in [0.4, 0.5) is 5.82 Å². The molecule has 1 fully saturated rings. The molecule has 2 N–H and O–H groups in total. The van der Waals surface area contributed by atoms with Crippen molar-refractivity contribution in [1.82, 2.24) is 15.2 Å². The van der Waals surface area contributed by atoms with Crippen LogP contribution in [0.5, 0.6) is 0 Å². The van der Waals surface area contributed by atoms with Gasteiger partial charge in [0.05, 0.1) is 5.02 Å². The molecule has 1 saturated heterocycles. The Balaban J connectivity index is 1.88. The summed E-state index contributed by atoms with van der Waals surface area (Å²) in [5, 5.41) is 6.13. The maximum Gasteiger partial charge on any atom is 0.271 e. The highest BCUT2D eigenvalue weighted by Crippen LogP contribution is 2.16. The number of carbonyl (C=O) groups excluding carboxylic acids is 1. The Morgan fingerprint density at radius 1 is 1.42 bits per heavy atom. The summed E-state index contributed by atoms with van der Waals surface area (Å²) in [4.78, 5) is 18.5. The third kappa shape index (κ3) is 3.81. The highest BCUT2D eigenvalue weighted by atomic mass is 35.5. The summed E-state index contributed by atoms with van der Waals surface area (Å²) >= 11 is 5.99. The second-order valence-electron chi connectivity index (χ2n) is 4.58. The van der Waals surface area contributed by atoms with E-state index >= 15 is 0 Å². The van der Waals surface area contributed by atoms with Crippen LogP contribution in [-0.4, -0.2) is 49.0 Å². The van der Waals surface area contributed by atoms with Crippen LogP contribution in [0.25, 0.3) is 0 Å². The first-order chi connectivity index (χ1) is 9.20. The van der Waals surface area contributed by atoms with Crippen LogP contribution in [0.3, 0.4) is 0 Å². The van der Waals surface area contributed by atoms with Crippen molar-refractivity contribution >= 4 is 23.3 Å². The lowest BCUT2D eigenvalue weighted by molar-refractivity contribution is 0.0945. The quantitative estimate of drug-likeness (QED) is 0.861. The number of carbonyl (C=O) groups is 1. The molecule has 0 aromatic carbocycles. The standard InChI is InChI=1S/C13H19ClN4O/c1-15-11-5-4-10(14)12(17-11)13(19)16-6-9-18-7-2-3-8-18/h4-5H,2-3,6-9H2,1H3,(H,15,17)(H,16,19). The van der Waals surface area contributed by atoms with Crippen molar-refractivity contribution in [1.29, 1.82) is 0 Å². The molecule has 0 radical (unpaired) electrons. The van der Waals surface area contributed by atoms with E-state index in [0.29, 0.717) is 17.4 Å². The summed E-state index contributed by atoms with van der Waals surface area (Å²) < 4.78 is 0. The minimum atomic E-state index is -0.221. The summed E-state index contributed by atoms with van der Waals surface area (Å²) in [7, 11) is 1.76. The van der Waals surface area contributed by atoms with Crippen LogP contribution < -0.4 is 10.6 Å². The summed E-state index contributed by atoms with van der Waals surface area (Å²) in [6, 6.07) is 3.42. The largest absolute Gasteiger partial charge is 0.373 e. The lowest BCUT2D eigenvalue weighted by Gasteiger charge is -2.14. The predicted molar refractivity (Wildman–Crippen MR) is 76.8 cm³/mol. The van der Waals surface area contributed by atoms with Crippen molar-refractivity contribution in [2.45, 2.75) is 12.8 Å². The molecule has 0 bridgehead atoms. The van der Waals surface area contributed by atoms with Crippen LogP contribution in [0.2, 0.25) is 5.02 Å². The van der Waals surface area contributed by atoms with Crippen molar-refractivity contribution in [2.75, 3.05) is 38.5 Å². The maximum absolute atomic E-state index is 12.0. The van der Waals surface area contributed by atoms with Gasteiger partial charge in [-0.1, -0.05) is 11.6 Å². The van der Waals surface area contributed by atoms with Gasteiger partial charge in [-0.15, -0.1) is 0 Å². The summed E-state index contributed by atoms with van der Waals surface area (Å²) in [6.07, 6.45) is 2.51. The van der Waals surface area contributed by atoms with Gasteiger partial charge in [-0.05, 0) is 38.1 Å². The summed E-state index contributed by atoms with van der Waals surface area (Å²) in [5.74, 6) is 0.412. The molecular weight excluding hydrogens is 264 g/mol. The number of aromatic nitrogens is 1. The van der Waals surface area contributed by atoms with Gasteiger partial charge >= 0.3 is 0 Å². The topological polar surface area (TPSA) is 57.3 Å².